The third-order valence-electron chi connectivity index (χ3n) is 2.99. The number of anilines is 1. The SMILES string of the molecule is CC(=NNC(=O)C(=O)Nc1ccc(Cl)c(Cl)c1)c1ccc(O)cc1. The van der Waals surface area contributed by atoms with E-state index in [0.29, 0.717) is 22.0 Å². The lowest BCUT2D eigenvalue weighted by molar-refractivity contribution is -0.136. The molecular weight excluding hydrogens is 353 g/mol. The van der Waals surface area contributed by atoms with Gasteiger partial charge in [0.15, 0.2) is 0 Å². The number of benzene rings is 2. The van der Waals surface area contributed by atoms with E-state index in [1.807, 2.05) is 0 Å². The number of phenols is 1. The Morgan fingerprint density at radius 2 is 1.67 bits per heavy atom. The minimum Gasteiger partial charge on any atom is -0.508 e. The molecule has 0 atom stereocenters. The second-order valence-electron chi connectivity index (χ2n) is 4.77. The first-order valence-corrected chi connectivity index (χ1v) is 7.52. The molecule has 24 heavy (non-hydrogen) atoms. The largest absolute Gasteiger partial charge is 0.508 e. The molecule has 0 unspecified atom stereocenters. The molecule has 0 bridgehead atoms. The van der Waals surface area contributed by atoms with Crippen molar-refractivity contribution in [3.05, 3.63) is 58.1 Å². The van der Waals surface area contributed by atoms with Crippen LogP contribution in [0.15, 0.2) is 47.6 Å². The van der Waals surface area contributed by atoms with Crippen LogP contribution in [0.25, 0.3) is 0 Å². The maximum absolute atomic E-state index is 11.8. The lowest BCUT2D eigenvalue weighted by Crippen LogP contribution is -2.32. The third-order valence-corrected chi connectivity index (χ3v) is 3.73. The molecule has 2 rings (SSSR count). The molecule has 6 nitrogen and oxygen atoms in total. The smallest absolute Gasteiger partial charge is 0.329 e. The summed E-state index contributed by atoms with van der Waals surface area (Å²) in [6.45, 7) is 1.66. The molecule has 0 heterocycles. The molecule has 0 aliphatic carbocycles. The molecule has 8 heteroatoms. The Hall–Kier alpha value is -2.57. The molecule has 0 aliphatic heterocycles. The zero-order chi connectivity index (χ0) is 17.7. The predicted molar refractivity (Wildman–Crippen MR) is 93.6 cm³/mol. The van der Waals surface area contributed by atoms with Crippen LogP contribution in [-0.2, 0) is 9.59 Å². The highest BCUT2D eigenvalue weighted by Crippen LogP contribution is 2.24. The second kappa shape index (κ2) is 7.81. The Balaban J connectivity index is 1.98. The van der Waals surface area contributed by atoms with Gasteiger partial charge < -0.3 is 10.4 Å². The molecule has 2 aromatic rings. The summed E-state index contributed by atoms with van der Waals surface area (Å²) in [5.41, 5.74) is 3.66. The van der Waals surface area contributed by atoms with Gasteiger partial charge >= 0.3 is 11.8 Å². The summed E-state index contributed by atoms with van der Waals surface area (Å²) in [6, 6.07) is 10.7. The van der Waals surface area contributed by atoms with Crippen molar-refractivity contribution in [2.45, 2.75) is 6.92 Å². The van der Waals surface area contributed by atoms with Crippen molar-refractivity contribution in [2.24, 2.45) is 5.10 Å². The Labute approximate surface area is 148 Å². The first-order valence-electron chi connectivity index (χ1n) is 6.77. The van der Waals surface area contributed by atoms with Crippen LogP contribution in [0, 0.1) is 0 Å². The minimum atomic E-state index is -0.931. The molecule has 0 aromatic heterocycles. The van der Waals surface area contributed by atoms with Crippen molar-refractivity contribution < 1.29 is 14.7 Å². The summed E-state index contributed by atoms with van der Waals surface area (Å²) in [4.78, 5) is 23.6. The molecule has 124 valence electrons. The monoisotopic (exact) mass is 365 g/mol. The molecule has 0 saturated heterocycles. The first kappa shape index (κ1) is 17.8. The fourth-order valence-electron chi connectivity index (χ4n) is 1.71. The number of hydrazone groups is 1. The van der Waals surface area contributed by atoms with E-state index < -0.39 is 11.8 Å². The van der Waals surface area contributed by atoms with Gasteiger partial charge in [0, 0.05) is 5.69 Å². The van der Waals surface area contributed by atoms with Crippen LogP contribution in [-0.4, -0.2) is 22.6 Å². The lowest BCUT2D eigenvalue weighted by atomic mass is 10.1. The highest BCUT2D eigenvalue weighted by molar-refractivity contribution is 6.43. The number of amides is 2. The average Bonchev–Trinajstić information content (AvgIpc) is 2.56. The number of carbonyl (C=O) groups excluding carboxylic acids is 2. The van der Waals surface area contributed by atoms with Crippen molar-refractivity contribution in [1.29, 1.82) is 0 Å². The molecule has 0 fully saturated rings. The van der Waals surface area contributed by atoms with Gasteiger partial charge in [0.05, 0.1) is 15.8 Å². The summed E-state index contributed by atoms with van der Waals surface area (Å²) >= 11 is 11.6. The van der Waals surface area contributed by atoms with E-state index in [0.717, 1.165) is 0 Å². The number of phenolic OH excluding ortho intramolecular Hbond substituents is 1. The number of nitrogens with one attached hydrogen (secondary N) is 2. The molecule has 0 aliphatic rings. The fourth-order valence-corrected chi connectivity index (χ4v) is 2.01. The van der Waals surface area contributed by atoms with Gasteiger partial charge in [-0.1, -0.05) is 23.2 Å². The van der Waals surface area contributed by atoms with Crippen molar-refractivity contribution in [1.82, 2.24) is 5.43 Å². The third kappa shape index (κ3) is 4.71. The summed E-state index contributed by atoms with van der Waals surface area (Å²) < 4.78 is 0. The average molecular weight is 366 g/mol. The number of rotatable bonds is 3. The van der Waals surface area contributed by atoms with E-state index in [1.54, 1.807) is 19.1 Å². The fraction of sp³-hybridized carbons (Fsp3) is 0.0625. The molecule has 2 aromatic carbocycles. The van der Waals surface area contributed by atoms with Gasteiger partial charge in [-0.2, -0.15) is 5.10 Å². The van der Waals surface area contributed by atoms with Gasteiger partial charge in [-0.25, -0.2) is 5.43 Å². The minimum absolute atomic E-state index is 0.122. The second-order valence-corrected chi connectivity index (χ2v) is 5.58. The summed E-state index contributed by atoms with van der Waals surface area (Å²) in [7, 11) is 0. The Kier molecular flexibility index (Phi) is 5.78. The Morgan fingerprint density at radius 1 is 1.00 bits per heavy atom. The topological polar surface area (TPSA) is 90.8 Å². The lowest BCUT2D eigenvalue weighted by Gasteiger charge is -2.06. The van der Waals surface area contributed by atoms with E-state index in [9.17, 15) is 14.7 Å². The van der Waals surface area contributed by atoms with Crippen LogP contribution in [0.4, 0.5) is 5.69 Å². The molecule has 0 radical (unpaired) electrons. The van der Waals surface area contributed by atoms with Gasteiger partial charge in [0.2, 0.25) is 0 Å². The number of aromatic hydroxyl groups is 1. The van der Waals surface area contributed by atoms with E-state index >= 15 is 0 Å². The van der Waals surface area contributed by atoms with Crippen LogP contribution in [0.5, 0.6) is 5.75 Å². The van der Waals surface area contributed by atoms with Crippen molar-refractivity contribution in [2.75, 3.05) is 5.32 Å². The highest BCUT2D eigenvalue weighted by atomic mass is 35.5. The van der Waals surface area contributed by atoms with E-state index in [2.05, 4.69) is 15.8 Å². The zero-order valence-electron chi connectivity index (χ0n) is 12.5. The van der Waals surface area contributed by atoms with Gasteiger partial charge in [0.1, 0.15) is 5.75 Å². The van der Waals surface area contributed by atoms with Gasteiger partial charge in [-0.15, -0.1) is 0 Å². The molecule has 3 N–H and O–H groups in total. The van der Waals surface area contributed by atoms with Crippen LogP contribution in [0.2, 0.25) is 10.0 Å². The summed E-state index contributed by atoms with van der Waals surface area (Å²) in [5, 5.41) is 16.1. The maximum atomic E-state index is 11.8. The molecule has 0 spiro atoms. The molecular formula is C16H13Cl2N3O3. The standard InChI is InChI=1S/C16H13Cl2N3O3/c1-9(10-2-5-12(22)6-3-10)20-21-16(24)15(23)19-11-4-7-13(17)14(18)8-11/h2-8,22H,1H3,(H,19,23)(H,21,24). The van der Waals surface area contributed by atoms with Crippen molar-refractivity contribution >= 4 is 46.4 Å². The van der Waals surface area contributed by atoms with E-state index in [4.69, 9.17) is 23.2 Å². The van der Waals surface area contributed by atoms with Crippen LogP contribution < -0.4 is 10.7 Å². The van der Waals surface area contributed by atoms with Gasteiger partial charge in [-0.3, -0.25) is 9.59 Å². The van der Waals surface area contributed by atoms with Gasteiger partial charge in [-0.05, 0) is 55.0 Å². The normalized spacial score (nSPS) is 11.0. The first-order chi connectivity index (χ1) is 11.4. The number of carbonyl (C=O) groups is 2. The quantitative estimate of drug-likeness (QED) is 0.443. The number of hydrogen-bond donors (Lipinski definition) is 3. The van der Waals surface area contributed by atoms with Gasteiger partial charge in [0.25, 0.3) is 0 Å². The molecule has 0 saturated carbocycles. The number of nitrogens with zero attached hydrogens (tertiary/aromatic N) is 1. The Bertz CT molecular complexity index is 805. The maximum Gasteiger partial charge on any atom is 0.329 e. The van der Waals surface area contributed by atoms with Crippen LogP contribution in [0.1, 0.15) is 12.5 Å². The van der Waals surface area contributed by atoms with E-state index in [1.165, 1.54) is 30.3 Å². The summed E-state index contributed by atoms with van der Waals surface area (Å²) in [5.74, 6) is -1.70. The number of halogens is 2. The number of hydrogen-bond acceptors (Lipinski definition) is 4. The summed E-state index contributed by atoms with van der Waals surface area (Å²) in [6.07, 6.45) is 0. The van der Waals surface area contributed by atoms with E-state index in [-0.39, 0.29) is 10.8 Å². The Morgan fingerprint density at radius 3 is 2.29 bits per heavy atom. The van der Waals surface area contributed by atoms with Crippen LogP contribution in [0.3, 0.4) is 0 Å². The van der Waals surface area contributed by atoms with Crippen molar-refractivity contribution in [3.63, 3.8) is 0 Å². The van der Waals surface area contributed by atoms with Crippen LogP contribution >= 0.6 is 23.2 Å². The predicted octanol–water partition coefficient (Wildman–Crippen LogP) is 3.18. The van der Waals surface area contributed by atoms with Crippen molar-refractivity contribution in [3.8, 4) is 5.75 Å². The highest BCUT2D eigenvalue weighted by Gasteiger charge is 2.14. The molecule has 2 amide bonds. The zero-order valence-corrected chi connectivity index (χ0v) is 14.0.